The lowest BCUT2D eigenvalue weighted by atomic mass is 10.0. The van der Waals surface area contributed by atoms with Gasteiger partial charge in [0.2, 0.25) is 0 Å². The SMILES string of the molecule is CC[C@H](NC(=O)OC(C)(C)C)c1nc(-c2ccc(C(=O)O)cc2)c2ccccc2n1. The largest absolute Gasteiger partial charge is 0.478 e. The predicted molar refractivity (Wildman–Crippen MR) is 114 cm³/mol. The monoisotopic (exact) mass is 407 g/mol. The number of aromatic nitrogens is 2. The van der Waals surface area contributed by atoms with Crippen LogP contribution in [0.15, 0.2) is 48.5 Å². The van der Waals surface area contributed by atoms with Crippen molar-refractivity contribution in [1.29, 1.82) is 0 Å². The van der Waals surface area contributed by atoms with Crippen molar-refractivity contribution in [2.75, 3.05) is 0 Å². The second-order valence-corrected chi connectivity index (χ2v) is 7.94. The second kappa shape index (κ2) is 8.49. The van der Waals surface area contributed by atoms with Gasteiger partial charge in [0.1, 0.15) is 5.60 Å². The van der Waals surface area contributed by atoms with E-state index in [0.717, 1.165) is 16.5 Å². The minimum absolute atomic E-state index is 0.204. The molecule has 0 spiro atoms. The van der Waals surface area contributed by atoms with Gasteiger partial charge in [-0.25, -0.2) is 19.6 Å². The van der Waals surface area contributed by atoms with E-state index in [1.807, 2.05) is 31.2 Å². The molecule has 0 saturated heterocycles. The number of ether oxygens (including phenoxy) is 1. The lowest BCUT2D eigenvalue weighted by Crippen LogP contribution is -2.35. The number of amides is 1. The van der Waals surface area contributed by atoms with Gasteiger partial charge in [0.15, 0.2) is 5.82 Å². The highest BCUT2D eigenvalue weighted by atomic mass is 16.6. The smallest absolute Gasteiger partial charge is 0.408 e. The molecule has 156 valence electrons. The van der Waals surface area contributed by atoms with Crippen LogP contribution in [0.1, 0.15) is 56.3 Å². The third kappa shape index (κ3) is 4.92. The second-order valence-electron chi connectivity index (χ2n) is 7.94. The number of rotatable bonds is 5. The van der Waals surface area contributed by atoms with Crippen LogP contribution in [-0.2, 0) is 4.74 Å². The Labute approximate surface area is 175 Å². The van der Waals surface area contributed by atoms with Gasteiger partial charge in [-0.05, 0) is 45.4 Å². The van der Waals surface area contributed by atoms with Gasteiger partial charge in [0.05, 0.1) is 22.8 Å². The predicted octanol–water partition coefficient (Wildman–Crippen LogP) is 4.97. The molecule has 2 N–H and O–H groups in total. The molecule has 0 bridgehead atoms. The van der Waals surface area contributed by atoms with Crippen molar-refractivity contribution in [3.63, 3.8) is 0 Å². The maximum Gasteiger partial charge on any atom is 0.408 e. The van der Waals surface area contributed by atoms with Gasteiger partial charge < -0.3 is 15.2 Å². The van der Waals surface area contributed by atoms with E-state index >= 15 is 0 Å². The first kappa shape index (κ1) is 21.2. The number of nitrogens with one attached hydrogen (secondary N) is 1. The Balaban J connectivity index is 2.03. The van der Waals surface area contributed by atoms with Crippen molar-refractivity contribution >= 4 is 23.0 Å². The molecule has 3 rings (SSSR count). The van der Waals surface area contributed by atoms with Crippen LogP contribution in [0.4, 0.5) is 4.79 Å². The Kier molecular flexibility index (Phi) is 6.01. The number of hydrogen-bond acceptors (Lipinski definition) is 5. The van der Waals surface area contributed by atoms with E-state index in [-0.39, 0.29) is 5.56 Å². The van der Waals surface area contributed by atoms with Crippen molar-refractivity contribution in [2.24, 2.45) is 0 Å². The van der Waals surface area contributed by atoms with Crippen LogP contribution in [-0.4, -0.2) is 32.7 Å². The fourth-order valence-electron chi connectivity index (χ4n) is 3.04. The number of fused-ring (bicyclic) bond motifs is 1. The molecule has 0 radical (unpaired) electrons. The summed E-state index contributed by atoms with van der Waals surface area (Å²) in [5.41, 5.74) is 1.78. The van der Waals surface area contributed by atoms with E-state index in [1.165, 1.54) is 0 Å². The molecule has 1 atom stereocenters. The summed E-state index contributed by atoms with van der Waals surface area (Å²) in [6.45, 7) is 7.35. The number of carboxylic acids is 1. The normalized spacial score (nSPS) is 12.4. The Morgan fingerprint density at radius 3 is 2.33 bits per heavy atom. The highest BCUT2D eigenvalue weighted by Crippen LogP contribution is 2.28. The van der Waals surface area contributed by atoms with E-state index in [9.17, 15) is 9.59 Å². The van der Waals surface area contributed by atoms with Crippen molar-refractivity contribution < 1.29 is 19.4 Å². The fourth-order valence-corrected chi connectivity index (χ4v) is 3.04. The van der Waals surface area contributed by atoms with E-state index in [1.54, 1.807) is 45.0 Å². The van der Waals surface area contributed by atoms with Crippen LogP contribution in [0.2, 0.25) is 0 Å². The molecule has 30 heavy (non-hydrogen) atoms. The Morgan fingerprint density at radius 2 is 1.73 bits per heavy atom. The summed E-state index contributed by atoms with van der Waals surface area (Å²) in [5, 5.41) is 12.8. The lowest BCUT2D eigenvalue weighted by molar-refractivity contribution is 0.0499. The maximum absolute atomic E-state index is 12.3. The molecule has 7 nitrogen and oxygen atoms in total. The summed E-state index contributed by atoms with van der Waals surface area (Å²) in [6.07, 6.45) is 0.0492. The standard InChI is InChI=1S/C23H25N3O4/c1-5-17(25-22(29)30-23(2,3)4)20-24-18-9-7-6-8-16(18)19(26-20)14-10-12-15(13-11-14)21(27)28/h6-13,17H,5H2,1-4H3,(H,25,29)(H,27,28)/t17-/m0/s1. The van der Waals surface area contributed by atoms with Crippen molar-refractivity contribution in [3.05, 3.63) is 59.9 Å². The third-order valence-electron chi connectivity index (χ3n) is 4.44. The topological polar surface area (TPSA) is 101 Å². The Morgan fingerprint density at radius 1 is 1.07 bits per heavy atom. The molecule has 1 aromatic heterocycles. The highest BCUT2D eigenvalue weighted by molar-refractivity contribution is 5.93. The zero-order valence-corrected chi connectivity index (χ0v) is 17.5. The number of nitrogens with zero attached hydrogens (tertiary/aromatic N) is 2. The Bertz CT molecular complexity index is 1070. The number of carbonyl (C=O) groups is 2. The summed E-state index contributed by atoms with van der Waals surface area (Å²) in [6, 6.07) is 13.7. The lowest BCUT2D eigenvalue weighted by Gasteiger charge is -2.23. The fraction of sp³-hybridized carbons (Fsp3) is 0.304. The minimum Gasteiger partial charge on any atom is -0.478 e. The van der Waals surface area contributed by atoms with E-state index < -0.39 is 23.7 Å². The van der Waals surface area contributed by atoms with Gasteiger partial charge in [-0.1, -0.05) is 37.3 Å². The van der Waals surface area contributed by atoms with Gasteiger partial charge in [-0.15, -0.1) is 0 Å². The maximum atomic E-state index is 12.3. The molecule has 0 unspecified atom stereocenters. The number of para-hydroxylation sites is 1. The number of carboxylic acid groups (broad SMARTS) is 1. The molecule has 0 saturated carbocycles. The molecule has 7 heteroatoms. The number of carbonyl (C=O) groups excluding carboxylic acids is 1. The van der Waals surface area contributed by atoms with Crippen LogP contribution in [0.25, 0.3) is 22.2 Å². The summed E-state index contributed by atoms with van der Waals surface area (Å²) in [7, 11) is 0. The molecule has 0 aliphatic rings. The van der Waals surface area contributed by atoms with Crippen LogP contribution in [0.3, 0.4) is 0 Å². The number of aromatic carboxylic acids is 1. The zero-order valence-electron chi connectivity index (χ0n) is 17.5. The van der Waals surface area contributed by atoms with Gasteiger partial charge >= 0.3 is 12.1 Å². The average molecular weight is 407 g/mol. The van der Waals surface area contributed by atoms with Crippen LogP contribution in [0.5, 0.6) is 0 Å². The van der Waals surface area contributed by atoms with Crippen molar-refractivity contribution in [2.45, 2.75) is 45.8 Å². The summed E-state index contributed by atoms with van der Waals surface area (Å²) in [5.74, 6) is -0.512. The first-order valence-corrected chi connectivity index (χ1v) is 9.78. The van der Waals surface area contributed by atoms with Crippen molar-refractivity contribution in [3.8, 4) is 11.3 Å². The summed E-state index contributed by atoms with van der Waals surface area (Å²) < 4.78 is 5.37. The Hall–Kier alpha value is -3.48. The van der Waals surface area contributed by atoms with Crippen LogP contribution < -0.4 is 5.32 Å². The van der Waals surface area contributed by atoms with Gasteiger partial charge in [0.25, 0.3) is 0 Å². The number of benzene rings is 2. The molecule has 2 aromatic carbocycles. The molecule has 0 aliphatic carbocycles. The first-order chi connectivity index (χ1) is 14.2. The molecule has 1 amide bonds. The minimum atomic E-state index is -0.984. The molecule has 3 aromatic rings. The van der Waals surface area contributed by atoms with Crippen LogP contribution in [0, 0.1) is 0 Å². The quantitative estimate of drug-likeness (QED) is 0.619. The molecule has 1 heterocycles. The number of hydrogen-bond donors (Lipinski definition) is 2. The van der Waals surface area contributed by atoms with Crippen LogP contribution >= 0.6 is 0 Å². The summed E-state index contributed by atoms with van der Waals surface area (Å²) >= 11 is 0. The summed E-state index contributed by atoms with van der Waals surface area (Å²) in [4.78, 5) is 32.8. The van der Waals surface area contributed by atoms with E-state index in [0.29, 0.717) is 17.9 Å². The highest BCUT2D eigenvalue weighted by Gasteiger charge is 2.22. The zero-order chi connectivity index (χ0) is 21.9. The molecule has 0 fully saturated rings. The van der Waals surface area contributed by atoms with Gasteiger partial charge in [-0.3, -0.25) is 0 Å². The average Bonchev–Trinajstić information content (AvgIpc) is 2.70. The first-order valence-electron chi connectivity index (χ1n) is 9.78. The molecular formula is C23H25N3O4. The van der Waals surface area contributed by atoms with Crippen molar-refractivity contribution in [1.82, 2.24) is 15.3 Å². The van der Waals surface area contributed by atoms with Gasteiger partial charge in [0, 0.05) is 10.9 Å². The van der Waals surface area contributed by atoms with E-state index in [4.69, 9.17) is 14.8 Å². The van der Waals surface area contributed by atoms with Gasteiger partial charge in [-0.2, -0.15) is 0 Å². The molecule has 0 aliphatic heterocycles. The number of alkyl carbamates (subject to hydrolysis) is 1. The molecular weight excluding hydrogens is 382 g/mol. The van der Waals surface area contributed by atoms with E-state index in [2.05, 4.69) is 10.3 Å². The third-order valence-corrected chi connectivity index (χ3v) is 4.44.